The molecule has 2 fully saturated rings. The highest BCUT2D eigenvalue weighted by Gasteiger charge is 2.38. The van der Waals surface area contributed by atoms with Crippen LogP contribution < -0.4 is 9.80 Å². The van der Waals surface area contributed by atoms with E-state index in [-0.39, 0.29) is 24.2 Å². The molecule has 148 valence electrons. The maximum atomic E-state index is 13.1. The standard InChI is InChI=1S/C19H24N6O2S/c1-13-11-20-5-4-16(13)23-6-3-7-24(9-8-23)18(27)15-10-17(26)25(12-15)19-22-21-14(2)28-19/h4-5,11,15H,3,6-10,12H2,1-2H3. The van der Waals surface area contributed by atoms with Crippen LogP contribution in [0.5, 0.6) is 0 Å². The number of pyridine rings is 1. The number of hydrogen-bond acceptors (Lipinski definition) is 7. The maximum Gasteiger partial charge on any atom is 0.229 e. The molecular weight excluding hydrogens is 376 g/mol. The Hall–Kier alpha value is -2.55. The third-order valence-electron chi connectivity index (χ3n) is 5.36. The van der Waals surface area contributed by atoms with Crippen LogP contribution in [0, 0.1) is 19.8 Å². The van der Waals surface area contributed by atoms with E-state index < -0.39 is 0 Å². The Labute approximate surface area is 168 Å². The van der Waals surface area contributed by atoms with Gasteiger partial charge in [0.15, 0.2) is 0 Å². The van der Waals surface area contributed by atoms with Crippen molar-refractivity contribution < 1.29 is 9.59 Å². The van der Waals surface area contributed by atoms with Crippen molar-refractivity contribution in [3.8, 4) is 0 Å². The molecule has 0 aliphatic carbocycles. The summed E-state index contributed by atoms with van der Waals surface area (Å²) in [6.45, 7) is 7.41. The van der Waals surface area contributed by atoms with Gasteiger partial charge in [-0.2, -0.15) is 0 Å². The number of hydrogen-bond donors (Lipinski definition) is 0. The van der Waals surface area contributed by atoms with E-state index >= 15 is 0 Å². The van der Waals surface area contributed by atoms with Gasteiger partial charge in [-0.3, -0.25) is 19.5 Å². The predicted molar refractivity (Wildman–Crippen MR) is 107 cm³/mol. The first-order valence-electron chi connectivity index (χ1n) is 9.58. The molecule has 2 aliphatic heterocycles. The fourth-order valence-electron chi connectivity index (χ4n) is 3.91. The van der Waals surface area contributed by atoms with Crippen LogP contribution in [0.2, 0.25) is 0 Å². The normalized spacial score (nSPS) is 20.6. The van der Waals surface area contributed by atoms with Gasteiger partial charge in [0, 0.05) is 57.2 Å². The molecule has 2 aliphatic rings. The van der Waals surface area contributed by atoms with Gasteiger partial charge in [-0.1, -0.05) is 11.3 Å². The number of amides is 2. The molecule has 4 rings (SSSR count). The van der Waals surface area contributed by atoms with E-state index in [9.17, 15) is 9.59 Å². The van der Waals surface area contributed by atoms with Crippen LogP contribution in [-0.4, -0.2) is 64.6 Å². The van der Waals surface area contributed by atoms with Crippen LogP contribution in [0.15, 0.2) is 18.5 Å². The summed E-state index contributed by atoms with van der Waals surface area (Å²) in [7, 11) is 0. The lowest BCUT2D eigenvalue weighted by Crippen LogP contribution is -2.40. The van der Waals surface area contributed by atoms with Gasteiger partial charge in [-0.15, -0.1) is 10.2 Å². The highest BCUT2D eigenvalue weighted by molar-refractivity contribution is 7.15. The molecule has 2 aromatic rings. The van der Waals surface area contributed by atoms with E-state index in [1.54, 1.807) is 4.90 Å². The van der Waals surface area contributed by atoms with Crippen molar-refractivity contribution in [2.75, 3.05) is 42.5 Å². The Morgan fingerprint density at radius 2 is 2.04 bits per heavy atom. The highest BCUT2D eigenvalue weighted by atomic mass is 32.1. The van der Waals surface area contributed by atoms with E-state index in [2.05, 4.69) is 27.0 Å². The number of anilines is 2. The molecule has 0 bridgehead atoms. The van der Waals surface area contributed by atoms with Gasteiger partial charge in [0.1, 0.15) is 5.01 Å². The highest BCUT2D eigenvalue weighted by Crippen LogP contribution is 2.29. The van der Waals surface area contributed by atoms with E-state index in [0.29, 0.717) is 18.2 Å². The van der Waals surface area contributed by atoms with Gasteiger partial charge in [0.2, 0.25) is 16.9 Å². The SMILES string of the molecule is Cc1nnc(N2CC(C(=O)N3CCCN(c4ccncc4C)CC3)CC2=O)s1. The average molecular weight is 401 g/mol. The van der Waals surface area contributed by atoms with Crippen LogP contribution >= 0.6 is 11.3 Å². The molecular formula is C19H24N6O2S. The van der Waals surface area contributed by atoms with Crippen molar-refractivity contribution in [3.63, 3.8) is 0 Å². The maximum absolute atomic E-state index is 13.1. The molecule has 1 unspecified atom stereocenters. The van der Waals surface area contributed by atoms with Gasteiger partial charge >= 0.3 is 0 Å². The zero-order chi connectivity index (χ0) is 19.7. The number of aryl methyl sites for hydroxylation is 2. The molecule has 0 aromatic carbocycles. The second-order valence-electron chi connectivity index (χ2n) is 7.34. The quantitative estimate of drug-likeness (QED) is 0.779. The summed E-state index contributed by atoms with van der Waals surface area (Å²) in [5.74, 6) is -0.269. The summed E-state index contributed by atoms with van der Waals surface area (Å²) in [5.41, 5.74) is 2.32. The number of aromatic nitrogens is 3. The molecule has 2 amide bonds. The van der Waals surface area contributed by atoms with Crippen LogP contribution in [0.3, 0.4) is 0 Å². The van der Waals surface area contributed by atoms with Crippen LogP contribution in [0.25, 0.3) is 0 Å². The van der Waals surface area contributed by atoms with E-state index in [1.807, 2.05) is 30.3 Å². The van der Waals surface area contributed by atoms with E-state index in [1.165, 1.54) is 17.0 Å². The first kappa shape index (κ1) is 18.8. The van der Waals surface area contributed by atoms with E-state index in [0.717, 1.165) is 36.6 Å². The Bertz CT molecular complexity index is 885. The number of rotatable bonds is 3. The van der Waals surface area contributed by atoms with Gasteiger partial charge in [0.05, 0.1) is 5.92 Å². The van der Waals surface area contributed by atoms with Crippen LogP contribution in [0.1, 0.15) is 23.4 Å². The lowest BCUT2D eigenvalue weighted by molar-refractivity contribution is -0.135. The first-order chi connectivity index (χ1) is 13.5. The minimum absolute atomic E-state index is 0.0432. The molecule has 4 heterocycles. The Balaban J connectivity index is 1.40. The first-order valence-corrected chi connectivity index (χ1v) is 10.4. The third-order valence-corrected chi connectivity index (χ3v) is 6.22. The van der Waals surface area contributed by atoms with Crippen molar-refractivity contribution in [2.24, 2.45) is 5.92 Å². The van der Waals surface area contributed by atoms with Crippen molar-refractivity contribution in [3.05, 3.63) is 29.0 Å². The zero-order valence-electron chi connectivity index (χ0n) is 16.2. The van der Waals surface area contributed by atoms with Crippen molar-refractivity contribution >= 4 is 34.0 Å². The summed E-state index contributed by atoms with van der Waals surface area (Å²) < 4.78 is 0. The zero-order valence-corrected chi connectivity index (χ0v) is 17.0. The molecule has 0 spiro atoms. The van der Waals surface area contributed by atoms with Crippen LogP contribution in [-0.2, 0) is 9.59 Å². The number of carbonyl (C=O) groups is 2. The van der Waals surface area contributed by atoms with Crippen LogP contribution in [0.4, 0.5) is 10.8 Å². The predicted octanol–water partition coefficient (Wildman–Crippen LogP) is 1.64. The average Bonchev–Trinajstić information content (AvgIpc) is 3.19. The summed E-state index contributed by atoms with van der Waals surface area (Å²) in [4.78, 5) is 35.5. The molecule has 8 nitrogen and oxygen atoms in total. The Morgan fingerprint density at radius 1 is 1.18 bits per heavy atom. The minimum Gasteiger partial charge on any atom is -0.369 e. The van der Waals surface area contributed by atoms with Gasteiger partial charge in [-0.05, 0) is 31.9 Å². The second-order valence-corrected chi connectivity index (χ2v) is 8.50. The smallest absolute Gasteiger partial charge is 0.229 e. The number of nitrogens with zero attached hydrogens (tertiary/aromatic N) is 6. The van der Waals surface area contributed by atoms with Crippen molar-refractivity contribution in [1.29, 1.82) is 0 Å². The molecule has 0 radical (unpaired) electrons. The topological polar surface area (TPSA) is 82.5 Å². The molecule has 0 saturated carbocycles. The summed E-state index contributed by atoms with van der Waals surface area (Å²) >= 11 is 1.39. The summed E-state index contributed by atoms with van der Waals surface area (Å²) in [5, 5.41) is 9.45. The third kappa shape index (κ3) is 3.71. The number of carbonyl (C=O) groups excluding carboxylic acids is 2. The fourth-order valence-corrected chi connectivity index (χ4v) is 4.62. The van der Waals surface area contributed by atoms with Gasteiger partial charge in [0.25, 0.3) is 0 Å². The second kappa shape index (κ2) is 7.83. The Kier molecular flexibility index (Phi) is 5.25. The van der Waals surface area contributed by atoms with Gasteiger partial charge in [-0.25, -0.2) is 0 Å². The Morgan fingerprint density at radius 3 is 2.79 bits per heavy atom. The van der Waals surface area contributed by atoms with Gasteiger partial charge < -0.3 is 9.80 Å². The molecule has 28 heavy (non-hydrogen) atoms. The van der Waals surface area contributed by atoms with E-state index in [4.69, 9.17) is 0 Å². The van der Waals surface area contributed by atoms with Crippen molar-refractivity contribution in [1.82, 2.24) is 20.1 Å². The molecule has 2 saturated heterocycles. The monoisotopic (exact) mass is 400 g/mol. The molecule has 1 atom stereocenters. The molecule has 9 heteroatoms. The largest absolute Gasteiger partial charge is 0.369 e. The summed E-state index contributed by atoms with van der Waals surface area (Å²) in [6, 6.07) is 2.03. The molecule has 0 N–H and O–H groups in total. The summed E-state index contributed by atoms with van der Waals surface area (Å²) in [6.07, 6.45) is 4.84. The minimum atomic E-state index is -0.300. The molecule has 2 aromatic heterocycles. The lowest BCUT2D eigenvalue weighted by Gasteiger charge is -2.26. The van der Waals surface area contributed by atoms with Crippen molar-refractivity contribution in [2.45, 2.75) is 26.7 Å². The lowest BCUT2D eigenvalue weighted by atomic mass is 10.1. The fraction of sp³-hybridized carbons (Fsp3) is 0.526.